The summed E-state index contributed by atoms with van der Waals surface area (Å²) in [5.41, 5.74) is 0. The molecule has 0 aromatic heterocycles. The molecule has 3 nitrogen and oxygen atoms in total. The highest BCUT2D eigenvalue weighted by molar-refractivity contribution is 5.64. The van der Waals surface area contributed by atoms with Crippen LogP contribution in [0.4, 0.5) is 0 Å². The van der Waals surface area contributed by atoms with Crippen LogP contribution in [-0.2, 0) is 14.3 Å². The Hall–Kier alpha value is -0.670. The maximum Gasteiger partial charge on any atom is 0.156 e. The maximum atomic E-state index is 9.91. The van der Waals surface area contributed by atoms with Gasteiger partial charge in [0, 0.05) is 14.2 Å². The number of hydrogen-bond donors (Lipinski definition) is 0. The van der Waals surface area contributed by atoms with E-state index in [4.69, 9.17) is 9.47 Å². The van der Waals surface area contributed by atoms with Gasteiger partial charge in [-0.15, -0.1) is 0 Å². The van der Waals surface area contributed by atoms with Crippen molar-refractivity contribution in [2.24, 2.45) is 0 Å². The van der Waals surface area contributed by atoms with Crippen molar-refractivity contribution in [2.75, 3.05) is 14.2 Å². The molecule has 0 atom stereocenters. The summed E-state index contributed by atoms with van der Waals surface area (Å²) in [6, 6.07) is 0. The van der Waals surface area contributed by atoms with Crippen LogP contribution in [0.2, 0.25) is 0 Å². The van der Waals surface area contributed by atoms with E-state index in [2.05, 4.69) is 0 Å². The molecule has 0 aliphatic rings. The van der Waals surface area contributed by atoms with Crippen molar-refractivity contribution >= 4 is 6.29 Å². The van der Waals surface area contributed by atoms with Gasteiger partial charge in [0.2, 0.25) is 0 Å². The van der Waals surface area contributed by atoms with Gasteiger partial charge in [-0.25, -0.2) is 0 Å². The molecule has 13 heavy (non-hydrogen) atoms. The molecule has 0 N–H and O–H groups in total. The molecule has 0 saturated carbocycles. The van der Waals surface area contributed by atoms with Crippen LogP contribution in [0.25, 0.3) is 0 Å². The predicted octanol–water partition coefficient (Wildman–Crippen LogP) is 1.92. The molecule has 0 unspecified atom stereocenters. The zero-order chi connectivity index (χ0) is 9.94. The number of rotatable bonds is 8. The lowest BCUT2D eigenvalue weighted by atomic mass is 10.2. The highest BCUT2D eigenvalue weighted by Gasteiger charge is 2.02. The van der Waals surface area contributed by atoms with Crippen LogP contribution in [0.5, 0.6) is 0 Å². The second-order valence-corrected chi connectivity index (χ2v) is 2.75. The number of carbonyl (C=O) groups is 1. The lowest BCUT2D eigenvalue weighted by molar-refractivity contribution is -0.107. The van der Waals surface area contributed by atoms with Crippen molar-refractivity contribution in [3.8, 4) is 0 Å². The lowest BCUT2D eigenvalue weighted by Gasteiger charge is -2.11. The molecule has 0 bridgehead atoms. The molecule has 0 fully saturated rings. The van der Waals surface area contributed by atoms with Crippen LogP contribution in [-0.4, -0.2) is 26.8 Å². The maximum absolute atomic E-state index is 9.91. The highest BCUT2D eigenvalue weighted by atomic mass is 16.7. The fourth-order valence-corrected chi connectivity index (χ4v) is 1.06. The summed E-state index contributed by atoms with van der Waals surface area (Å²) in [5, 5.41) is 0. The number of hydrogen-bond acceptors (Lipinski definition) is 3. The van der Waals surface area contributed by atoms with Crippen molar-refractivity contribution in [3.63, 3.8) is 0 Å². The summed E-state index contributed by atoms with van der Waals surface area (Å²) in [6.45, 7) is 0. The second kappa shape index (κ2) is 9.42. The van der Waals surface area contributed by atoms with Crippen molar-refractivity contribution in [2.45, 2.75) is 32.0 Å². The zero-order valence-corrected chi connectivity index (χ0v) is 8.36. The standard InChI is InChI=1S/C10H18O3/c1-12-10(13-2)8-6-4-3-5-7-9-11/h5,7,9-10H,3-4,6,8H2,1-2H3/b7-5+. The predicted molar refractivity (Wildman–Crippen MR) is 51.5 cm³/mol. The Balaban J connectivity index is 3.23. The van der Waals surface area contributed by atoms with Crippen molar-refractivity contribution in [1.82, 2.24) is 0 Å². The van der Waals surface area contributed by atoms with E-state index in [-0.39, 0.29) is 6.29 Å². The third-order valence-corrected chi connectivity index (χ3v) is 1.80. The van der Waals surface area contributed by atoms with Crippen LogP contribution in [0, 0.1) is 0 Å². The van der Waals surface area contributed by atoms with E-state index in [1.165, 1.54) is 6.08 Å². The first-order valence-electron chi connectivity index (χ1n) is 4.51. The molecular formula is C10H18O3. The van der Waals surface area contributed by atoms with E-state index in [1.54, 1.807) is 14.2 Å². The third kappa shape index (κ3) is 7.68. The molecular weight excluding hydrogens is 168 g/mol. The summed E-state index contributed by atoms with van der Waals surface area (Å²) in [4.78, 5) is 9.91. The van der Waals surface area contributed by atoms with E-state index >= 15 is 0 Å². The molecule has 0 heterocycles. The van der Waals surface area contributed by atoms with E-state index in [9.17, 15) is 4.79 Å². The van der Waals surface area contributed by atoms with E-state index in [0.717, 1.165) is 32.0 Å². The number of unbranched alkanes of at least 4 members (excludes halogenated alkanes) is 2. The summed E-state index contributed by atoms with van der Waals surface area (Å²) in [5.74, 6) is 0. The molecule has 0 aliphatic carbocycles. The molecule has 0 radical (unpaired) electrons. The Morgan fingerprint density at radius 1 is 1.23 bits per heavy atom. The molecule has 0 spiro atoms. The van der Waals surface area contributed by atoms with Crippen molar-refractivity contribution in [1.29, 1.82) is 0 Å². The smallest absolute Gasteiger partial charge is 0.156 e. The Morgan fingerprint density at radius 2 is 1.92 bits per heavy atom. The number of aldehydes is 1. The first-order chi connectivity index (χ1) is 6.35. The van der Waals surface area contributed by atoms with Crippen LogP contribution in [0.1, 0.15) is 25.7 Å². The third-order valence-electron chi connectivity index (χ3n) is 1.80. The van der Waals surface area contributed by atoms with Crippen LogP contribution in [0.15, 0.2) is 12.2 Å². The van der Waals surface area contributed by atoms with Gasteiger partial charge < -0.3 is 9.47 Å². The van der Waals surface area contributed by atoms with Gasteiger partial charge in [-0.2, -0.15) is 0 Å². The van der Waals surface area contributed by atoms with Gasteiger partial charge in [0.15, 0.2) is 6.29 Å². The Labute approximate surface area is 79.7 Å². The number of allylic oxidation sites excluding steroid dienone is 2. The van der Waals surface area contributed by atoms with Crippen molar-refractivity contribution < 1.29 is 14.3 Å². The summed E-state index contributed by atoms with van der Waals surface area (Å²) in [7, 11) is 3.28. The molecule has 0 aromatic rings. The van der Waals surface area contributed by atoms with E-state index in [1.807, 2.05) is 6.08 Å². The quantitative estimate of drug-likeness (QED) is 0.251. The summed E-state index contributed by atoms with van der Waals surface area (Å²) < 4.78 is 10.1. The zero-order valence-electron chi connectivity index (χ0n) is 8.36. The summed E-state index contributed by atoms with van der Waals surface area (Å²) >= 11 is 0. The van der Waals surface area contributed by atoms with E-state index < -0.39 is 0 Å². The largest absolute Gasteiger partial charge is 0.356 e. The Kier molecular flexibility index (Phi) is 8.93. The first-order valence-corrected chi connectivity index (χ1v) is 4.51. The Morgan fingerprint density at radius 3 is 2.46 bits per heavy atom. The van der Waals surface area contributed by atoms with Crippen LogP contribution >= 0.6 is 0 Å². The fraction of sp³-hybridized carbons (Fsp3) is 0.700. The normalized spacial score (nSPS) is 11.3. The molecule has 0 saturated heterocycles. The molecule has 0 amide bonds. The van der Waals surface area contributed by atoms with Crippen LogP contribution < -0.4 is 0 Å². The van der Waals surface area contributed by atoms with Gasteiger partial charge in [-0.05, 0) is 31.8 Å². The van der Waals surface area contributed by atoms with Gasteiger partial charge in [0.25, 0.3) is 0 Å². The second-order valence-electron chi connectivity index (χ2n) is 2.75. The monoisotopic (exact) mass is 186 g/mol. The number of carbonyl (C=O) groups excluding carboxylic acids is 1. The minimum absolute atomic E-state index is 0.0879. The first kappa shape index (κ1) is 12.3. The minimum Gasteiger partial charge on any atom is -0.356 e. The minimum atomic E-state index is -0.0879. The average molecular weight is 186 g/mol. The fourth-order valence-electron chi connectivity index (χ4n) is 1.06. The van der Waals surface area contributed by atoms with Crippen molar-refractivity contribution in [3.05, 3.63) is 12.2 Å². The summed E-state index contributed by atoms with van der Waals surface area (Å²) in [6.07, 6.45) is 8.08. The number of methoxy groups -OCH3 is 2. The number of ether oxygens (including phenoxy) is 2. The molecule has 0 rings (SSSR count). The lowest BCUT2D eigenvalue weighted by Crippen LogP contribution is -2.12. The van der Waals surface area contributed by atoms with Gasteiger partial charge in [0.05, 0.1) is 0 Å². The van der Waals surface area contributed by atoms with E-state index in [0.29, 0.717) is 0 Å². The Bertz CT molecular complexity index is 139. The van der Waals surface area contributed by atoms with Crippen LogP contribution in [0.3, 0.4) is 0 Å². The topological polar surface area (TPSA) is 35.5 Å². The van der Waals surface area contributed by atoms with Gasteiger partial charge >= 0.3 is 0 Å². The molecule has 0 aliphatic heterocycles. The highest BCUT2D eigenvalue weighted by Crippen LogP contribution is 2.06. The molecule has 76 valence electrons. The SMILES string of the molecule is COC(CCCC/C=C/C=O)OC. The molecule has 3 heteroatoms. The van der Waals surface area contributed by atoms with Gasteiger partial charge in [0.1, 0.15) is 6.29 Å². The van der Waals surface area contributed by atoms with Gasteiger partial charge in [-0.1, -0.05) is 6.08 Å². The van der Waals surface area contributed by atoms with Gasteiger partial charge in [-0.3, -0.25) is 4.79 Å². The average Bonchev–Trinajstić information content (AvgIpc) is 2.17. The molecule has 0 aromatic carbocycles.